The van der Waals surface area contributed by atoms with Gasteiger partial charge in [0.1, 0.15) is 26.3 Å². The third-order valence-electron chi connectivity index (χ3n) is 17.5. The summed E-state index contributed by atoms with van der Waals surface area (Å²) >= 11 is 0. The molecule has 0 saturated carbocycles. The molecule has 6 rings (SSSR count). The van der Waals surface area contributed by atoms with Crippen molar-refractivity contribution in [2.24, 2.45) is 0 Å². The minimum atomic E-state index is -0.465. The fourth-order valence-corrected chi connectivity index (χ4v) is 15.4. The highest BCUT2D eigenvalue weighted by Gasteiger charge is 2.45. The molecule has 6 N–H and O–H groups in total. The zero-order valence-electron chi connectivity index (χ0n) is 58.2. The van der Waals surface area contributed by atoms with Gasteiger partial charge < -0.3 is 65.7 Å². The SMILES string of the molecule is CCCCN(c1nc(NCC(=O)OCCOCCOC(=O)CNc2nc(N(CCCC)C3CC(C)(C)NC(C)(C)C3)nc(N(CCCC)C3CC(C)(C)NC(C)(C)C3)n2)nc(N(CCCC)C2CC(C)(C)NC(C)(C)C2)n1)C1CC(C)(C)NC(C)(C)C1. The van der Waals surface area contributed by atoms with E-state index in [1.54, 1.807) is 0 Å². The molecule has 6 heterocycles. The second-order valence-corrected chi connectivity index (χ2v) is 31.3. The van der Waals surface area contributed by atoms with Crippen LogP contribution in [0.5, 0.6) is 0 Å². The van der Waals surface area contributed by atoms with E-state index in [2.05, 4.69) is 190 Å². The van der Waals surface area contributed by atoms with E-state index >= 15 is 0 Å². The predicted octanol–water partition coefficient (Wildman–Crippen LogP) is 10.3. The average Bonchev–Trinajstić information content (AvgIpc) is 1.80. The summed E-state index contributed by atoms with van der Waals surface area (Å²) in [6.07, 6.45) is 15.6. The molecule has 0 amide bonds. The zero-order valence-corrected chi connectivity index (χ0v) is 58.2. The molecule has 2 aromatic rings. The molecule has 0 atom stereocenters. The van der Waals surface area contributed by atoms with Crippen LogP contribution in [0.15, 0.2) is 0 Å². The van der Waals surface area contributed by atoms with Crippen molar-refractivity contribution in [2.75, 3.05) is 95.9 Å². The van der Waals surface area contributed by atoms with Crippen molar-refractivity contribution >= 4 is 47.6 Å². The molecule has 21 heteroatoms. The number of aromatic nitrogens is 6. The molecule has 21 nitrogen and oxygen atoms in total. The van der Waals surface area contributed by atoms with Gasteiger partial charge in [-0.1, -0.05) is 53.4 Å². The topological polar surface area (TPSA) is 224 Å². The Kier molecular flexibility index (Phi) is 24.8. The third kappa shape index (κ3) is 22.5. The number of nitrogens with one attached hydrogen (secondary N) is 6. The van der Waals surface area contributed by atoms with E-state index < -0.39 is 11.9 Å². The number of anilines is 6. The van der Waals surface area contributed by atoms with Crippen LogP contribution >= 0.6 is 0 Å². The molecule has 0 aromatic carbocycles. The van der Waals surface area contributed by atoms with Crippen molar-refractivity contribution in [3.05, 3.63) is 0 Å². The Balaban J connectivity index is 1.10. The van der Waals surface area contributed by atoms with Crippen LogP contribution < -0.4 is 51.5 Å². The summed E-state index contributed by atoms with van der Waals surface area (Å²) < 4.78 is 17.1. The highest BCUT2D eigenvalue weighted by atomic mass is 16.6. The Morgan fingerprint density at radius 3 is 0.805 bits per heavy atom. The van der Waals surface area contributed by atoms with Crippen LogP contribution in [0, 0.1) is 0 Å². The van der Waals surface area contributed by atoms with Gasteiger partial charge in [0.2, 0.25) is 35.7 Å². The van der Waals surface area contributed by atoms with E-state index in [1.165, 1.54) is 0 Å². The van der Waals surface area contributed by atoms with Gasteiger partial charge in [-0.3, -0.25) is 9.59 Å². The molecule has 0 radical (unpaired) electrons. The summed E-state index contributed by atoms with van der Waals surface area (Å²) in [6, 6.07) is 0.760. The highest BCUT2D eigenvalue weighted by Crippen LogP contribution is 2.39. The lowest BCUT2D eigenvalue weighted by Gasteiger charge is -2.50. The van der Waals surface area contributed by atoms with Crippen LogP contribution in [0.3, 0.4) is 0 Å². The van der Waals surface area contributed by atoms with Gasteiger partial charge in [-0.25, -0.2) is 0 Å². The monoisotopic (exact) mass is 1220 g/mol. The summed E-state index contributed by atoms with van der Waals surface area (Å²) in [5.41, 5.74) is -0.706. The van der Waals surface area contributed by atoms with E-state index in [-0.39, 0.29) is 108 Å². The number of carbonyl (C=O) groups excluding carboxylic acids is 2. The molecule has 0 aliphatic carbocycles. The highest BCUT2D eigenvalue weighted by molar-refractivity contribution is 5.75. The number of nitrogens with zero attached hydrogens (tertiary/aromatic N) is 10. The van der Waals surface area contributed by atoms with Crippen LogP contribution in [0.1, 0.15) is 241 Å². The second-order valence-electron chi connectivity index (χ2n) is 31.3. The number of rotatable bonds is 32. The smallest absolute Gasteiger partial charge is 0.325 e. The van der Waals surface area contributed by atoms with Gasteiger partial charge in [-0.15, -0.1) is 0 Å². The summed E-state index contributed by atoms with van der Waals surface area (Å²) in [6.45, 7) is 48.6. The minimum Gasteiger partial charge on any atom is -0.462 e. The largest absolute Gasteiger partial charge is 0.462 e. The van der Waals surface area contributed by atoms with Gasteiger partial charge in [0.15, 0.2) is 0 Å². The first-order valence-electron chi connectivity index (χ1n) is 33.7. The molecule has 4 aliphatic rings. The Morgan fingerprint density at radius 2 is 0.598 bits per heavy atom. The van der Waals surface area contributed by atoms with Crippen LogP contribution in [0.25, 0.3) is 0 Å². The summed E-state index contributed by atoms with van der Waals surface area (Å²) in [7, 11) is 0. The van der Waals surface area contributed by atoms with E-state index in [4.69, 9.17) is 44.1 Å². The van der Waals surface area contributed by atoms with Crippen molar-refractivity contribution < 1.29 is 23.8 Å². The molecule has 4 fully saturated rings. The first-order chi connectivity index (χ1) is 40.6. The van der Waals surface area contributed by atoms with E-state index in [9.17, 15) is 9.59 Å². The molecule has 0 bridgehead atoms. The fourth-order valence-electron chi connectivity index (χ4n) is 15.4. The number of ether oxygens (including phenoxy) is 3. The van der Waals surface area contributed by atoms with Gasteiger partial charge in [0, 0.05) is 94.7 Å². The minimum absolute atomic E-state index is 0.0230. The summed E-state index contributed by atoms with van der Waals surface area (Å²) in [5.74, 6) is 2.29. The second kappa shape index (κ2) is 30.1. The Labute approximate surface area is 526 Å². The molecule has 0 spiro atoms. The lowest BCUT2D eigenvalue weighted by molar-refractivity contribution is -0.144. The van der Waals surface area contributed by atoms with Crippen molar-refractivity contribution in [1.29, 1.82) is 0 Å². The van der Waals surface area contributed by atoms with Crippen LogP contribution in [-0.2, 0) is 23.8 Å². The molecule has 2 aromatic heterocycles. The van der Waals surface area contributed by atoms with Crippen molar-refractivity contribution in [1.82, 2.24) is 51.2 Å². The number of unbranched alkanes of at least 4 members (excludes halogenated alkanes) is 4. The predicted molar refractivity (Wildman–Crippen MR) is 356 cm³/mol. The molecular formula is C66H122N16O5. The maximum Gasteiger partial charge on any atom is 0.325 e. The Hall–Kier alpha value is -4.44. The van der Waals surface area contributed by atoms with Gasteiger partial charge in [-0.05, 0) is 188 Å². The number of piperidine rings is 4. The standard InChI is InChI=1S/C66H122N16O5/c1-21-25-29-79(47-37-59(5,6)75-60(7,8)38-47)55-69-53(70-56(73-55)80(30-26-22-2)48-39-61(9,10)76-62(11,12)40-48)67-45-51(83)86-35-33-85-34-36-87-52(84)46-68-54-71-57(81(31-27-23-3)49-41-63(13,14)77-64(15,16)42-49)74-58(72-54)82(32-28-24-4)50-43-65(17,18)78-66(19,20)44-50/h47-50,75-78H,21-46H2,1-20H3,(H,67,69,70,73)(H,68,71,72,74). The van der Waals surface area contributed by atoms with E-state index in [0.717, 1.165) is 129 Å². The van der Waals surface area contributed by atoms with Gasteiger partial charge in [-0.2, -0.15) is 29.9 Å². The van der Waals surface area contributed by atoms with Gasteiger partial charge >= 0.3 is 11.9 Å². The molecule has 496 valence electrons. The van der Waals surface area contributed by atoms with E-state index in [1.807, 2.05) is 0 Å². The zero-order chi connectivity index (χ0) is 64.2. The van der Waals surface area contributed by atoms with Gasteiger partial charge in [0.25, 0.3) is 0 Å². The quantitative estimate of drug-likeness (QED) is 0.0296. The lowest BCUT2D eigenvalue weighted by Crippen LogP contribution is -2.63. The molecule has 0 unspecified atom stereocenters. The van der Waals surface area contributed by atoms with Crippen molar-refractivity contribution in [3.8, 4) is 0 Å². The first-order valence-corrected chi connectivity index (χ1v) is 33.7. The number of esters is 2. The fraction of sp³-hybridized carbons (Fsp3) is 0.879. The number of hydrogen-bond acceptors (Lipinski definition) is 21. The maximum absolute atomic E-state index is 13.4. The number of hydrogen-bond donors (Lipinski definition) is 6. The van der Waals surface area contributed by atoms with Crippen molar-refractivity contribution in [2.45, 2.75) is 310 Å². The maximum atomic E-state index is 13.4. The molecular weight excluding hydrogens is 1100 g/mol. The first kappa shape index (κ1) is 71.6. The van der Waals surface area contributed by atoms with E-state index in [0.29, 0.717) is 35.7 Å². The summed E-state index contributed by atoms with van der Waals surface area (Å²) in [5, 5.41) is 21.9. The van der Waals surface area contributed by atoms with Crippen LogP contribution in [-0.4, -0.2) is 176 Å². The summed E-state index contributed by atoms with van der Waals surface area (Å²) in [4.78, 5) is 67.6. The molecule has 87 heavy (non-hydrogen) atoms. The van der Waals surface area contributed by atoms with Crippen LogP contribution in [0.2, 0.25) is 0 Å². The Bertz CT molecular complexity index is 2130. The van der Waals surface area contributed by atoms with Gasteiger partial charge in [0.05, 0.1) is 13.2 Å². The van der Waals surface area contributed by atoms with Crippen LogP contribution in [0.4, 0.5) is 35.7 Å². The number of carbonyl (C=O) groups is 2. The average molecular weight is 1220 g/mol. The normalized spacial score (nSPS) is 21.4. The Morgan fingerprint density at radius 1 is 0.379 bits per heavy atom. The third-order valence-corrected chi connectivity index (χ3v) is 17.5. The van der Waals surface area contributed by atoms with Crippen molar-refractivity contribution in [3.63, 3.8) is 0 Å². The lowest BCUT2D eigenvalue weighted by atomic mass is 9.79. The molecule has 4 saturated heterocycles. The molecule has 4 aliphatic heterocycles.